The molecule has 0 bridgehead atoms. The molecule has 0 radical (unpaired) electrons. The number of sulfone groups is 1. The van der Waals surface area contributed by atoms with Crippen molar-refractivity contribution in [3.8, 4) is 0 Å². The summed E-state index contributed by atoms with van der Waals surface area (Å²) in [4.78, 5) is 23.4. The third-order valence-corrected chi connectivity index (χ3v) is 3.82. The number of nitrogens with one attached hydrogen (secondary N) is 1. The van der Waals surface area contributed by atoms with Crippen molar-refractivity contribution < 1.29 is 27.5 Å². The quantitative estimate of drug-likeness (QED) is 0.727. The third kappa shape index (κ3) is 5.45. The van der Waals surface area contributed by atoms with E-state index in [0.29, 0.717) is 6.61 Å². The fourth-order valence-corrected chi connectivity index (χ4v) is 2.65. The van der Waals surface area contributed by atoms with E-state index in [2.05, 4.69) is 5.32 Å². The second kappa shape index (κ2) is 7.90. The summed E-state index contributed by atoms with van der Waals surface area (Å²) in [5.41, 5.74) is -0.0947. The molecule has 22 heavy (non-hydrogen) atoms. The van der Waals surface area contributed by atoms with Gasteiger partial charge in [0.25, 0.3) is 5.91 Å². The Hall–Kier alpha value is -1.93. The predicted octanol–water partition coefficient (Wildman–Crippen LogP) is 0.398. The molecule has 0 saturated carbocycles. The van der Waals surface area contributed by atoms with Crippen LogP contribution in [0.5, 0.6) is 0 Å². The van der Waals surface area contributed by atoms with Gasteiger partial charge in [0.15, 0.2) is 16.4 Å². The van der Waals surface area contributed by atoms with Gasteiger partial charge in [-0.1, -0.05) is 12.1 Å². The summed E-state index contributed by atoms with van der Waals surface area (Å²) < 4.78 is 32.9. The van der Waals surface area contributed by atoms with Crippen LogP contribution in [0.25, 0.3) is 0 Å². The summed E-state index contributed by atoms with van der Waals surface area (Å²) in [5, 5.41) is 2.57. The largest absolute Gasteiger partial charge is 0.452 e. The highest BCUT2D eigenvalue weighted by molar-refractivity contribution is 7.90. The van der Waals surface area contributed by atoms with Crippen LogP contribution in [0, 0.1) is 0 Å². The monoisotopic (exact) mass is 329 g/mol. The predicted molar refractivity (Wildman–Crippen MR) is 79.3 cm³/mol. The summed E-state index contributed by atoms with van der Waals surface area (Å²) >= 11 is 0. The molecule has 1 amide bonds. The highest BCUT2D eigenvalue weighted by Gasteiger charge is 2.20. The molecule has 0 aromatic heterocycles. The van der Waals surface area contributed by atoms with Crippen molar-refractivity contribution >= 4 is 21.7 Å². The molecule has 0 heterocycles. The van der Waals surface area contributed by atoms with E-state index in [1.165, 1.54) is 31.4 Å². The van der Waals surface area contributed by atoms with Crippen molar-refractivity contribution in [2.45, 2.75) is 17.9 Å². The fraction of sp³-hybridized carbons (Fsp3) is 0.429. The van der Waals surface area contributed by atoms with E-state index in [4.69, 9.17) is 9.47 Å². The van der Waals surface area contributed by atoms with Gasteiger partial charge in [0.05, 0.1) is 17.1 Å². The van der Waals surface area contributed by atoms with Gasteiger partial charge >= 0.3 is 5.97 Å². The van der Waals surface area contributed by atoms with Gasteiger partial charge in [-0.3, -0.25) is 4.79 Å². The van der Waals surface area contributed by atoms with E-state index < -0.39 is 28.3 Å². The Morgan fingerprint density at radius 1 is 1.27 bits per heavy atom. The number of amides is 1. The minimum absolute atomic E-state index is 0.0947. The van der Waals surface area contributed by atoms with Crippen LogP contribution in [-0.4, -0.2) is 52.9 Å². The van der Waals surface area contributed by atoms with E-state index in [1.54, 1.807) is 6.92 Å². The highest BCUT2D eigenvalue weighted by atomic mass is 32.2. The Morgan fingerprint density at radius 3 is 2.50 bits per heavy atom. The molecule has 7 nitrogen and oxygen atoms in total. The van der Waals surface area contributed by atoms with Gasteiger partial charge in [0.1, 0.15) is 0 Å². The molecule has 1 unspecified atom stereocenters. The number of rotatable bonds is 7. The van der Waals surface area contributed by atoms with E-state index in [1.807, 2.05) is 0 Å². The van der Waals surface area contributed by atoms with Crippen LogP contribution in [0.15, 0.2) is 29.2 Å². The van der Waals surface area contributed by atoms with Gasteiger partial charge in [0, 0.05) is 19.4 Å². The normalized spacial score (nSPS) is 12.5. The molecule has 1 N–H and O–H groups in total. The Balaban J connectivity index is 2.70. The number of benzene rings is 1. The number of carbonyl (C=O) groups is 2. The molecule has 1 rings (SSSR count). The van der Waals surface area contributed by atoms with Crippen molar-refractivity contribution in [2.24, 2.45) is 0 Å². The molecule has 0 fully saturated rings. The van der Waals surface area contributed by atoms with Crippen molar-refractivity contribution in [3.63, 3.8) is 0 Å². The van der Waals surface area contributed by atoms with Crippen molar-refractivity contribution in [1.29, 1.82) is 0 Å². The van der Waals surface area contributed by atoms with Crippen LogP contribution in [0.4, 0.5) is 0 Å². The van der Waals surface area contributed by atoms with Gasteiger partial charge in [-0.15, -0.1) is 0 Å². The summed E-state index contributed by atoms with van der Waals surface area (Å²) in [5.74, 6) is -1.36. The summed E-state index contributed by atoms with van der Waals surface area (Å²) in [6.07, 6.45) is 0.998. The van der Waals surface area contributed by atoms with Gasteiger partial charge in [0.2, 0.25) is 0 Å². The number of ether oxygens (including phenoxy) is 2. The molecule has 0 aliphatic carbocycles. The second-order valence-corrected chi connectivity index (χ2v) is 6.75. The lowest BCUT2D eigenvalue weighted by Crippen LogP contribution is -2.38. The molecular formula is C14H19NO6S. The lowest BCUT2D eigenvalue weighted by Gasteiger charge is -2.13. The van der Waals surface area contributed by atoms with E-state index in [9.17, 15) is 18.0 Å². The van der Waals surface area contributed by atoms with Crippen LogP contribution < -0.4 is 5.32 Å². The second-order valence-electron chi connectivity index (χ2n) is 4.77. The summed E-state index contributed by atoms with van der Waals surface area (Å²) in [6.45, 7) is 1.57. The zero-order chi connectivity index (χ0) is 16.8. The third-order valence-electron chi connectivity index (χ3n) is 2.66. The molecule has 8 heteroatoms. The average Bonchev–Trinajstić information content (AvgIpc) is 2.44. The van der Waals surface area contributed by atoms with Crippen LogP contribution in [-0.2, 0) is 24.1 Å². The number of esters is 1. The number of hydrogen-bond acceptors (Lipinski definition) is 6. The summed E-state index contributed by atoms with van der Waals surface area (Å²) in [7, 11) is -2.06. The van der Waals surface area contributed by atoms with Gasteiger partial charge in [-0.05, 0) is 19.1 Å². The van der Waals surface area contributed by atoms with Crippen molar-refractivity contribution in [2.75, 3.05) is 26.6 Å². The molecule has 1 aromatic rings. The maximum atomic E-state index is 11.9. The molecule has 0 spiro atoms. The van der Waals surface area contributed by atoms with Crippen molar-refractivity contribution in [3.05, 3.63) is 29.8 Å². The zero-order valence-corrected chi connectivity index (χ0v) is 13.5. The van der Waals surface area contributed by atoms with Crippen LogP contribution >= 0.6 is 0 Å². The molecule has 0 saturated heterocycles. The van der Waals surface area contributed by atoms with Gasteiger partial charge in [-0.2, -0.15) is 0 Å². The average molecular weight is 329 g/mol. The molecule has 1 atom stereocenters. The SMILES string of the molecule is COCC(C)NC(=O)COC(=O)c1ccccc1S(C)(=O)=O. The minimum Gasteiger partial charge on any atom is -0.452 e. The van der Waals surface area contributed by atoms with E-state index in [0.717, 1.165) is 6.26 Å². The Labute approximate surface area is 129 Å². The first-order chi connectivity index (χ1) is 10.3. The van der Waals surface area contributed by atoms with Gasteiger partial charge < -0.3 is 14.8 Å². The number of hydrogen-bond donors (Lipinski definition) is 1. The molecule has 1 aromatic carbocycles. The van der Waals surface area contributed by atoms with Crippen LogP contribution in [0.2, 0.25) is 0 Å². The lowest BCUT2D eigenvalue weighted by atomic mass is 10.2. The van der Waals surface area contributed by atoms with E-state index >= 15 is 0 Å². The van der Waals surface area contributed by atoms with Gasteiger partial charge in [-0.25, -0.2) is 13.2 Å². The lowest BCUT2D eigenvalue weighted by molar-refractivity contribution is -0.125. The topological polar surface area (TPSA) is 98.8 Å². The first-order valence-electron chi connectivity index (χ1n) is 6.50. The van der Waals surface area contributed by atoms with Crippen LogP contribution in [0.3, 0.4) is 0 Å². The van der Waals surface area contributed by atoms with E-state index in [-0.39, 0.29) is 16.5 Å². The van der Waals surface area contributed by atoms with Crippen LogP contribution in [0.1, 0.15) is 17.3 Å². The standard InChI is InChI=1S/C14H19NO6S/c1-10(8-20-2)15-13(16)9-21-14(17)11-6-4-5-7-12(11)22(3,18)19/h4-7,10H,8-9H2,1-3H3,(H,15,16). The molecule has 122 valence electrons. The number of carbonyl (C=O) groups excluding carboxylic acids is 2. The smallest absolute Gasteiger partial charge is 0.339 e. The molecule has 0 aliphatic heterocycles. The summed E-state index contributed by atoms with van der Waals surface area (Å²) in [6, 6.07) is 5.45. The molecule has 0 aliphatic rings. The maximum Gasteiger partial charge on any atom is 0.339 e. The first-order valence-corrected chi connectivity index (χ1v) is 8.39. The Bertz CT molecular complexity index is 640. The minimum atomic E-state index is -3.56. The fourth-order valence-electron chi connectivity index (χ4n) is 1.78. The Kier molecular flexibility index (Phi) is 6.51. The zero-order valence-electron chi connectivity index (χ0n) is 12.7. The highest BCUT2D eigenvalue weighted by Crippen LogP contribution is 2.16. The van der Waals surface area contributed by atoms with Crippen molar-refractivity contribution in [1.82, 2.24) is 5.32 Å². The Morgan fingerprint density at radius 2 is 1.91 bits per heavy atom. The maximum absolute atomic E-state index is 11.9. The number of methoxy groups -OCH3 is 1. The first kappa shape index (κ1) is 18.1. The molecular weight excluding hydrogens is 310 g/mol.